The highest BCUT2D eigenvalue weighted by Crippen LogP contribution is 2.19. The molecule has 1 rings (SSSR count). The van der Waals surface area contributed by atoms with Gasteiger partial charge in [-0.05, 0) is 25.5 Å². The van der Waals surface area contributed by atoms with E-state index in [-0.39, 0.29) is 18.4 Å². The number of para-hydroxylation sites is 2. The largest absolute Gasteiger partial charge is 0.482 e. The Morgan fingerprint density at radius 3 is 2.70 bits per heavy atom. The first-order valence-electron chi connectivity index (χ1n) is 6.59. The SMILES string of the molecule is CCCNC(=O)C(C)NC(=O)COc1ccccc1N. The number of anilines is 1. The molecule has 2 amide bonds. The summed E-state index contributed by atoms with van der Waals surface area (Å²) in [5, 5.41) is 5.27. The normalized spacial score (nSPS) is 11.5. The minimum absolute atomic E-state index is 0.181. The van der Waals surface area contributed by atoms with Gasteiger partial charge in [0.25, 0.3) is 5.91 Å². The standard InChI is InChI=1S/C14H21N3O3/c1-3-8-16-14(19)10(2)17-13(18)9-20-12-7-5-4-6-11(12)15/h4-7,10H,3,8-9,15H2,1-2H3,(H,16,19)(H,17,18). The van der Waals surface area contributed by atoms with Crippen LogP contribution >= 0.6 is 0 Å². The summed E-state index contributed by atoms with van der Waals surface area (Å²) in [4.78, 5) is 23.2. The van der Waals surface area contributed by atoms with E-state index in [1.54, 1.807) is 31.2 Å². The van der Waals surface area contributed by atoms with Crippen LogP contribution in [-0.2, 0) is 9.59 Å². The Balaban J connectivity index is 2.37. The molecule has 0 bridgehead atoms. The van der Waals surface area contributed by atoms with Crippen LogP contribution in [0.2, 0.25) is 0 Å². The molecule has 1 atom stereocenters. The Morgan fingerprint density at radius 2 is 2.05 bits per heavy atom. The van der Waals surface area contributed by atoms with E-state index in [4.69, 9.17) is 10.5 Å². The lowest BCUT2D eigenvalue weighted by atomic mass is 10.3. The second-order valence-corrected chi connectivity index (χ2v) is 4.41. The topological polar surface area (TPSA) is 93.5 Å². The number of carbonyl (C=O) groups is 2. The maximum Gasteiger partial charge on any atom is 0.258 e. The summed E-state index contributed by atoms with van der Waals surface area (Å²) >= 11 is 0. The maximum atomic E-state index is 11.7. The fraction of sp³-hybridized carbons (Fsp3) is 0.429. The second-order valence-electron chi connectivity index (χ2n) is 4.41. The summed E-state index contributed by atoms with van der Waals surface area (Å²) in [5.41, 5.74) is 6.16. The second kappa shape index (κ2) is 8.04. The molecule has 20 heavy (non-hydrogen) atoms. The van der Waals surface area contributed by atoms with Crippen LogP contribution in [0, 0.1) is 0 Å². The molecule has 0 aliphatic carbocycles. The quantitative estimate of drug-likeness (QED) is 0.640. The minimum Gasteiger partial charge on any atom is -0.482 e. The van der Waals surface area contributed by atoms with Gasteiger partial charge in [-0.25, -0.2) is 0 Å². The highest BCUT2D eigenvalue weighted by atomic mass is 16.5. The number of nitrogens with one attached hydrogen (secondary N) is 2. The molecule has 1 aromatic carbocycles. The van der Waals surface area contributed by atoms with Crippen LogP contribution in [-0.4, -0.2) is 31.0 Å². The Hall–Kier alpha value is -2.24. The number of carbonyl (C=O) groups excluding carboxylic acids is 2. The van der Waals surface area contributed by atoms with E-state index >= 15 is 0 Å². The van der Waals surface area contributed by atoms with Crippen LogP contribution in [0.15, 0.2) is 24.3 Å². The Labute approximate surface area is 118 Å². The number of hydrogen-bond acceptors (Lipinski definition) is 4. The zero-order valence-corrected chi connectivity index (χ0v) is 11.8. The van der Waals surface area contributed by atoms with Crippen molar-refractivity contribution in [1.82, 2.24) is 10.6 Å². The first kappa shape index (κ1) is 15.8. The van der Waals surface area contributed by atoms with Crippen LogP contribution in [0.4, 0.5) is 5.69 Å². The average molecular weight is 279 g/mol. The van der Waals surface area contributed by atoms with Crippen molar-refractivity contribution in [3.63, 3.8) is 0 Å². The summed E-state index contributed by atoms with van der Waals surface area (Å²) in [5.74, 6) is -0.127. The van der Waals surface area contributed by atoms with E-state index in [0.29, 0.717) is 18.0 Å². The molecule has 110 valence electrons. The predicted molar refractivity (Wildman–Crippen MR) is 77.3 cm³/mol. The number of rotatable bonds is 7. The first-order chi connectivity index (χ1) is 9.54. The number of nitrogens with two attached hydrogens (primary N) is 1. The van der Waals surface area contributed by atoms with E-state index < -0.39 is 6.04 Å². The van der Waals surface area contributed by atoms with Gasteiger partial charge in [0, 0.05) is 6.54 Å². The lowest BCUT2D eigenvalue weighted by Crippen LogP contribution is -2.46. The van der Waals surface area contributed by atoms with Crippen LogP contribution < -0.4 is 21.1 Å². The zero-order chi connectivity index (χ0) is 15.0. The van der Waals surface area contributed by atoms with Crippen molar-refractivity contribution in [3.05, 3.63) is 24.3 Å². The van der Waals surface area contributed by atoms with Crippen molar-refractivity contribution in [2.24, 2.45) is 0 Å². The van der Waals surface area contributed by atoms with Gasteiger partial charge in [-0.1, -0.05) is 19.1 Å². The molecule has 0 aromatic heterocycles. The lowest BCUT2D eigenvalue weighted by molar-refractivity contribution is -0.129. The van der Waals surface area contributed by atoms with Gasteiger partial charge in [-0.2, -0.15) is 0 Å². The molecule has 1 aromatic rings. The van der Waals surface area contributed by atoms with E-state index in [2.05, 4.69) is 10.6 Å². The van der Waals surface area contributed by atoms with Crippen LogP contribution in [0.5, 0.6) is 5.75 Å². The lowest BCUT2D eigenvalue weighted by Gasteiger charge is -2.14. The summed E-state index contributed by atoms with van der Waals surface area (Å²) in [6.07, 6.45) is 0.850. The molecule has 6 nitrogen and oxygen atoms in total. The molecule has 0 saturated heterocycles. The van der Waals surface area contributed by atoms with Crippen LogP contribution in [0.25, 0.3) is 0 Å². The highest BCUT2D eigenvalue weighted by Gasteiger charge is 2.15. The molecule has 0 fully saturated rings. The van der Waals surface area contributed by atoms with Crippen molar-refractivity contribution >= 4 is 17.5 Å². The van der Waals surface area contributed by atoms with Gasteiger partial charge in [0.05, 0.1) is 5.69 Å². The van der Waals surface area contributed by atoms with Crippen molar-refractivity contribution in [2.45, 2.75) is 26.3 Å². The van der Waals surface area contributed by atoms with Gasteiger partial charge in [-0.15, -0.1) is 0 Å². The average Bonchev–Trinajstić information content (AvgIpc) is 2.43. The third-order valence-corrected chi connectivity index (χ3v) is 2.60. The molecule has 0 spiro atoms. The van der Waals surface area contributed by atoms with Gasteiger partial charge in [-0.3, -0.25) is 9.59 Å². The van der Waals surface area contributed by atoms with E-state index in [9.17, 15) is 9.59 Å². The molecule has 0 saturated carbocycles. The van der Waals surface area contributed by atoms with Gasteiger partial charge in [0.1, 0.15) is 11.8 Å². The Morgan fingerprint density at radius 1 is 1.35 bits per heavy atom. The summed E-state index contributed by atoms with van der Waals surface area (Å²) in [6.45, 7) is 4.00. The van der Waals surface area contributed by atoms with E-state index in [0.717, 1.165) is 6.42 Å². The Kier molecular flexibility index (Phi) is 6.36. The van der Waals surface area contributed by atoms with Crippen molar-refractivity contribution < 1.29 is 14.3 Å². The number of benzene rings is 1. The van der Waals surface area contributed by atoms with Gasteiger partial charge >= 0.3 is 0 Å². The molecule has 0 aliphatic rings. The van der Waals surface area contributed by atoms with E-state index in [1.165, 1.54) is 0 Å². The molecular weight excluding hydrogens is 258 g/mol. The smallest absolute Gasteiger partial charge is 0.258 e. The van der Waals surface area contributed by atoms with Crippen molar-refractivity contribution in [3.8, 4) is 5.75 Å². The van der Waals surface area contributed by atoms with Crippen LogP contribution in [0.3, 0.4) is 0 Å². The molecule has 0 heterocycles. The number of nitrogen functional groups attached to an aromatic ring is 1. The van der Waals surface area contributed by atoms with Gasteiger partial charge in [0.2, 0.25) is 5.91 Å². The molecule has 0 radical (unpaired) electrons. The van der Waals surface area contributed by atoms with Crippen molar-refractivity contribution in [1.29, 1.82) is 0 Å². The van der Waals surface area contributed by atoms with Gasteiger partial charge < -0.3 is 21.1 Å². The molecule has 6 heteroatoms. The predicted octanol–water partition coefficient (Wildman–Crippen LogP) is 0.679. The first-order valence-corrected chi connectivity index (χ1v) is 6.59. The van der Waals surface area contributed by atoms with Crippen molar-refractivity contribution in [2.75, 3.05) is 18.9 Å². The number of amides is 2. The fourth-order valence-electron chi connectivity index (χ4n) is 1.51. The molecule has 4 N–H and O–H groups in total. The Bertz CT molecular complexity index is 463. The monoisotopic (exact) mass is 279 g/mol. The molecule has 0 aliphatic heterocycles. The highest BCUT2D eigenvalue weighted by molar-refractivity contribution is 5.87. The molecular formula is C14H21N3O3. The fourth-order valence-corrected chi connectivity index (χ4v) is 1.51. The third-order valence-electron chi connectivity index (χ3n) is 2.60. The third kappa shape index (κ3) is 5.17. The number of hydrogen-bond donors (Lipinski definition) is 3. The maximum absolute atomic E-state index is 11.7. The number of ether oxygens (including phenoxy) is 1. The minimum atomic E-state index is -0.592. The summed E-state index contributed by atoms with van der Waals surface area (Å²) in [7, 11) is 0. The van der Waals surface area contributed by atoms with E-state index in [1.807, 2.05) is 6.92 Å². The molecule has 1 unspecified atom stereocenters. The summed E-state index contributed by atoms with van der Waals surface area (Å²) in [6, 6.07) is 6.33. The van der Waals surface area contributed by atoms with Crippen LogP contribution in [0.1, 0.15) is 20.3 Å². The van der Waals surface area contributed by atoms with Gasteiger partial charge in [0.15, 0.2) is 6.61 Å². The zero-order valence-electron chi connectivity index (χ0n) is 11.8. The summed E-state index contributed by atoms with van der Waals surface area (Å²) < 4.78 is 5.29.